The van der Waals surface area contributed by atoms with Crippen molar-refractivity contribution in [3.8, 4) is 0 Å². The minimum Gasteiger partial charge on any atom is -0.463 e. The van der Waals surface area contributed by atoms with E-state index >= 15 is 0 Å². The Labute approximate surface area is 155 Å². The van der Waals surface area contributed by atoms with E-state index in [0.29, 0.717) is 25.4 Å². The molecule has 1 N–H and O–H groups in total. The first kappa shape index (κ1) is 18.4. The molecule has 0 aromatic heterocycles. The average Bonchev–Trinajstić information content (AvgIpc) is 2.62. The number of carbonyl (C=O) groups is 2. The molecule has 0 radical (unpaired) electrons. The monoisotopic (exact) mass is 376 g/mol. The molecule has 0 saturated carbocycles. The number of benzene rings is 2. The summed E-state index contributed by atoms with van der Waals surface area (Å²) in [5.41, 5.74) is 1.43. The van der Waals surface area contributed by atoms with Gasteiger partial charge in [-0.1, -0.05) is 41.9 Å². The van der Waals surface area contributed by atoms with Crippen molar-refractivity contribution in [3.05, 3.63) is 64.9 Å². The third-order valence-corrected chi connectivity index (χ3v) is 4.44. The molecule has 26 heavy (non-hydrogen) atoms. The lowest BCUT2D eigenvalue weighted by molar-refractivity contribution is -0.159. The van der Waals surface area contributed by atoms with E-state index in [1.807, 2.05) is 35.2 Å². The van der Waals surface area contributed by atoms with Crippen LogP contribution in [-0.4, -0.2) is 36.0 Å². The number of cyclic esters (lactones) is 1. The van der Waals surface area contributed by atoms with Gasteiger partial charge in [0.2, 0.25) is 5.91 Å². The zero-order valence-electron chi connectivity index (χ0n) is 14.0. The van der Waals surface area contributed by atoms with E-state index in [-0.39, 0.29) is 17.4 Å². The van der Waals surface area contributed by atoms with E-state index < -0.39 is 17.8 Å². The van der Waals surface area contributed by atoms with Crippen LogP contribution in [0.1, 0.15) is 12.0 Å². The molecule has 0 spiro atoms. The summed E-state index contributed by atoms with van der Waals surface area (Å²) < 4.78 is 18.3. The molecule has 7 heteroatoms. The summed E-state index contributed by atoms with van der Waals surface area (Å²) in [4.78, 5) is 26.4. The highest BCUT2D eigenvalue weighted by Gasteiger charge is 2.33. The lowest BCUT2D eigenvalue weighted by atomic mass is 10.1. The molecule has 0 aliphatic carbocycles. The van der Waals surface area contributed by atoms with Crippen LogP contribution in [0.25, 0.3) is 0 Å². The number of nitrogens with one attached hydrogen (secondary N) is 1. The second-order valence-electron chi connectivity index (χ2n) is 6.02. The summed E-state index contributed by atoms with van der Waals surface area (Å²) in [5, 5.41) is 2.56. The fraction of sp³-hybridized carbons (Fsp3) is 0.263. The minimum absolute atomic E-state index is 0.0549. The molecule has 1 heterocycles. The standard InChI is InChI=1S/C19H18ClFN2O3/c20-15-10-14(6-7-16(15)21)22-18(24)11-17-19(25)26-9-8-23(17)12-13-4-2-1-3-5-13/h1-7,10,17H,8-9,11-12H2,(H,22,24)/t17-/m1/s1. The number of hydrogen-bond donors (Lipinski definition) is 1. The minimum atomic E-state index is -0.667. The van der Waals surface area contributed by atoms with Gasteiger partial charge in [0.25, 0.3) is 0 Å². The quantitative estimate of drug-likeness (QED) is 0.814. The molecule has 1 atom stereocenters. The molecular formula is C19H18ClFN2O3. The van der Waals surface area contributed by atoms with Gasteiger partial charge in [-0.3, -0.25) is 14.5 Å². The first-order valence-electron chi connectivity index (χ1n) is 8.22. The molecule has 2 aromatic rings. The van der Waals surface area contributed by atoms with Crippen LogP contribution in [0.5, 0.6) is 0 Å². The van der Waals surface area contributed by atoms with Crippen LogP contribution >= 0.6 is 11.6 Å². The van der Waals surface area contributed by atoms with Crippen LogP contribution in [0.2, 0.25) is 5.02 Å². The number of ether oxygens (including phenoxy) is 1. The number of nitrogens with zero attached hydrogens (tertiary/aromatic N) is 1. The summed E-state index contributed by atoms with van der Waals surface area (Å²) in [7, 11) is 0. The third kappa shape index (κ3) is 4.59. The molecule has 2 aromatic carbocycles. The number of anilines is 1. The van der Waals surface area contributed by atoms with Crippen LogP contribution in [0.3, 0.4) is 0 Å². The third-order valence-electron chi connectivity index (χ3n) is 4.15. The van der Waals surface area contributed by atoms with Gasteiger partial charge < -0.3 is 10.1 Å². The van der Waals surface area contributed by atoms with Gasteiger partial charge >= 0.3 is 5.97 Å². The summed E-state index contributed by atoms with van der Waals surface area (Å²) in [6.07, 6.45) is -0.0549. The lowest BCUT2D eigenvalue weighted by Crippen LogP contribution is -2.49. The van der Waals surface area contributed by atoms with Crippen molar-refractivity contribution in [2.24, 2.45) is 0 Å². The summed E-state index contributed by atoms with van der Waals surface area (Å²) in [5.74, 6) is -1.34. The number of hydrogen-bond acceptors (Lipinski definition) is 4. The molecule has 0 bridgehead atoms. The SMILES string of the molecule is O=C(C[C@@H]1C(=O)OCCN1Cc1ccccc1)Nc1ccc(F)c(Cl)c1. The van der Waals surface area contributed by atoms with Crippen molar-refractivity contribution >= 4 is 29.2 Å². The van der Waals surface area contributed by atoms with E-state index in [2.05, 4.69) is 5.32 Å². The lowest BCUT2D eigenvalue weighted by Gasteiger charge is -2.33. The highest BCUT2D eigenvalue weighted by Crippen LogP contribution is 2.21. The number of rotatable bonds is 5. The Kier molecular flexibility index (Phi) is 5.85. The van der Waals surface area contributed by atoms with Gasteiger partial charge in [-0.2, -0.15) is 0 Å². The molecule has 1 saturated heterocycles. The Morgan fingerprint density at radius 1 is 1.27 bits per heavy atom. The van der Waals surface area contributed by atoms with Gasteiger partial charge in [-0.05, 0) is 23.8 Å². The Morgan fingerprint density at radius 3 is 2.77 bits per heavy atom. The Balaban J connectivity index is 1.66. The second kappa shape index (κ2) is 8.29. The largest absolute Gasteiger partial charge is 0.463 e. The fourth-order valence-electron chi connectivity index (χ4n) is 2.85. The summed E-state index contributed by atoms with van der Waals surface area (Å²) >= 11 is 5.72. The van der Waals surface area contributed by atoms with Crippen LogP contribution in [0, 0.1) is 5.82 Å². The maximum absolute atomic E-state index is 13.2. The van der Waals surface area contributed by atoms with Crippen molar-refractivity contribution in [2.45, 2.75) is 19.0 Å². The summed E-state index contributed by atoms with van der Waals surface area (Å²) in [6.45, 7) is 1.41. The van der Waals surface area contributed by atoms with Gasteiger partial charge in [-0.25, -0.2) is 4.39 Å². The first-order chi connectivity index (χ1) is 12.5. The molecule has 1 fully saturated rings. The average molecular weight is 377 g/mol. The molecule has 1 aliphatic heterocycles. The molecule has 5 nitrogen and oxygen atoms in total. The van der Waals surface area contributed by atoms with E-state index in [1.54, 1.807) is 0 Å². The fourth-order valence-corrected chi connectivity index (χ4v) is 3.03. The number of amides is 1. The van der Waals surface area contributed by atoms with E-state index in [1.165, 1.54) is 18.2 Å². The molecular weight excluding hydrogens is 359 g/mol. The topological polar surface area (TPSA) is 58.6 Å². The van der Waals surface area contributed by atoms with Gasteiger partial charge in [0.1, 0.15) is 18.5 Å². The zero-order chi connectivity index (χ0) is 18.5. The molecule has 0 unspecified atom stereocenters. The van der Waals surface area contributed by atoms with E-state index in [9.17, 15) is 14.0 Å². The maximum Gasteiger partial charge on any atom is 0.323 e. The normalized spacial score (nSPS) is 17.6. The number of esters is 1. The van der Waals surface area contributed by atoms with E-state index in [0.717, 1.165) is 5.56 Å². The van der Waals surface area contributed by atoms with Crippen LogP contribution < -0.4 is 5.32 Å². The smallest absolute Gasteiger partial charge is 0.323 e. The molecule has 1 aliphatic rings. The van der Waals surface area contributed by atoms with Crippen LogP contribution in [-0.2, 0) is 20.9 Å². The molecule has 3 rings (SSSR count). The molecule has 136 valence electrons. The maximum atomic E-state index is 13.2. The van der Waals surface area contributed by atoms with Gasteiger partial charge in [0.05, 0.1) is 11.4 Å². The highest BCUT2D eigenvalue weighted by molar-refractivity contribution is 6.31. The summed E-state index contributed by atoms with van der Waals surface area (Å²) in [6, 6.07) is 13.0. The Morgan fingerprint density at radius 2 is 2.04 bits per heavy atom. The van der Waals surface area contributed by atoms with Crippen molar-refractivity contribution < 1.29 is 18.7 Å². The Hall–Kier alpha value is -2.44. The first-order valence-corrected chi connectivity index (χ1v) is 8.60. The van der Waals surface area contributed by atoms with Crippen molar-refractivity contribution in [3.63, 3.8) is 0 Å². The van der Waals surface area contributed by atoms with Crippen LogP contribution in [0.4, 0.5) is 10.1 Å². The predicted octanol–water partition coefficient (Wildman–Crippen LogP) is 3.24. The van der Waals surface area contributed by atoms with Gasteiger partial charge in [0.15, 0.2) is 0 Å². The predicted molar refractivity (Wildman–Crippen MR) is 96.3 cm³/mol. The second-order valence-corrected chi connectivity index (χ2v) is 6.43. The van der Waals surface area contributed by atoms with E-state index in [4.69, 9.17) is 16.3 Å². The highest BCUT2D eigenvalue weighted by atomic mass is 35.5. The molecule has 1 amide bonds. The van der Waals surface area contributed by atoms with Crippen LogP contribution in [0.15, 0.2) is 48.5 Å². The van der Waals surface area contributed by atoms with Gasteiger partial charge in [-0.15, -0.1) is 0 Å². The van der Waals surface area contributed by atoms with Crippen molar-refractivity contribution in [2.75, 3.05) is 18.5 Å². The van der Waals surface area contributed by atoms with Crippen molar-refractivity contribution in [1.29, 1.82) is 0 Å². The van der Waals surface area contributed by atoms with Crippen molar-refractivity contribution in [1.82, 2.24) is 4.90 Å². The number of halogens is 2. The Bertz CT molecular complexity index is 801. The number of carbonyl (C=O) groups excluding carboxylic acids is 2. The van der Waals surface area contributed by atoms with Gasteiger partial charge in [0, 0.05) is 18.8 Å². The number of morpholine rings is 1. The zero-order valence-corrected chi connectivity index (χ0v) is 14.7.